The molecule has 0 unspecified atom stereocenters. The van der Waals surface area contributed by atoms with Gasteiger partial charge in [-0.05, 0) is 107 Å². The van der Waals surface area contributed by atoms with Gasteiger partial charge in [0.2, 0.25) is 47.2 Å². The highest BCUT2D eigenvalue weighted by Crippen LogP contribution is 2.29. The monoisotopic (exact) mass is 892 g/mol. The summed E-state index contributed by atoms with van der Waals surface area (Å²) >= 11 is 12.2. The number of carbonyl (C=O) groups excluding carboxylic acids is 2. The first-order chi connectivity index (χ1) is 28.5. The Morgan fingerprint density at radius 3 is 1.10 bits per heavy atom. The molecular weight excluding hydrogens is 864 g/mol. The summed E-state index contributed by atoms with van der Waals surface area (Å²) in [6, 6.07) is 21.1. The average molecular weight is 894 g/mol. The summed E-state index contributed by atoms with van der Waals surface area (Å²) in [4.78, 5) is 48.3. The van der Waals surface area contributed by atoms with E-state index < -0.39 is 30.0 Å². The van der Waals surface area contributed by atoms with Gasteiger partial charge in [-0.2, -0.15) is 46.7 Å². The van der Waals surface area contributed by atoms with Crippen LogP contribution in [0.15, 0.2) is 94.7 Å². The minimum absolute atomic E-state index is 0.0294. The van der Waals surface area contributed by atoms with Gasteiger partial charge in [-0.25, -0.2) is 0 Å². The molecule has 6 rings (SSSR count). The zero-order chi connectivity index (χ0) is 43.2. The fourth-order valence-electron chi connectivity index (χ4n) is 5.25. The summed E-state index contributed by atoms with van der Waals surface area (Å²) in [5.74, 6) is -0.121. The summed E-state index contributed by atoms with van der Waals surface area (Å²) in [5, 5.41) is 11.1. The van der Waals surface area contributed by atoms with E-state index in [1.54, 1.807) is 62.6 Å². The number of nitrogens with one attached hydrogen (secondary N) is 4. The van der Waals surface area contributed by atoms with Crippen LogP contribution in [-0.4, -0.2) is 82.8 Å². The van der Waals surface area contributed by atoms with Gasteiger partial charge in [0.1, 0.15) is 9.79 Å². The molecule has 2 aromatic heterocycles. The van der Waals surface area contributed by atoms with Gasteiger partial charge in [0.15, 0.2) is 0 Å². The lowest BCUT2D eigenvalue weighted by atomic mass is 10.1. The topological polar surface area (TPSA) is 275 Å². The van der Waals surface area contributed by atoms with Crippen LogP contribution < -0.4 is 31.1 Å². The van der Waals surface area contributed by atoms with E-state index in [1.807, 2.05) is 0 Å². The second-order valence-electron chi connectivity index (χ2n) is 12.3. The van der Waals surface area contributed by atoms with Crippen LogP contribution in [-0.2, 0) is 29.8 Å². The van der Waals surface area contributed by atoms with Gasteiger partial charge >= 0.3 is 0 Å². The Kier molecular flexibility index (Phi) is 12.8. The van der Waals surface area contributed by atoms with Crippen LogP contribution in [0, 0.1) is 0 Å². The third kappa shape index (κ3) is 11.0. The van der Waals surface area contributed by atoms with Crippen LogP contribution in [0.1, 0.15) is 11.1 Å². The quantitative estimate of drug-likeness (QED) is 0.0359. The molecule has 6 N–H and O–H groups in total. The SMILES string of the molecule is CN(C=O)c1ccc(Nc2nc(Cl)nc(Nc3ccc(C=Cc4ccc(Nc5nc(Cl)nc(Nc6ccc(N(C)C=O)cc6)n5)cc4S(=O)(=O)O)c(S(=O)(=O)O)c3)n2)cc1. The number of anilines is 10. The van der Waals surface area contributed by atoms with E-state index in [-0.39, 0.29) is 56.9 Å². The molecule has 6 aromatic rings. The summed E-state index contributed by atoms with van der Waals surface area (Å²) in [7, 11) is -6.54. The Bertz CT molecular complexity index is 2650. The molecule has 4 aromatic carbocycles. The third-order valence-electron chi connectivity index (χ3n) is 8.13. The molecule has 0 fully saturated rings. The van der Waals surface area contributed by atoms with E-state index in [9.17, 15) is 35.5 Å². The van der Waals surface area contributed by atoms with Crippen molar-refractivity contribution in [3.63, 3.8) is 0 Å². The Labute approximate surface area is 351 Å². The maximum absolute atomic E-state index is 12.5. The van der Waals surface area contributed by atoms with Crippen LogP contribution in [0.3, 0.4) is 0 Å². The Morgan fingerprint density at radius 2 is 0.800 bits per heavy atom. The maximum atomic E-state index is 12.5. The van der Waals surface area contributed by atoms with Gasteiger partial charge in [-0.15, -0.1) is 0 Å². The maximum Gasteiger partial charge on any atom is 0.295 e. The molecule has 0 saturated carbocycles. The van der Waals surface area contributed by atoms with E-state index in [2.05, 4.69) is 51.2 Å². The van der Waals surface area contributed by atoms with Gasteiger partial charge < -0.3 is 31.1 Å². The Morgan fingerprint density at radius 1 is 0.500 bits per heavy atom. The van der Waals surface area contributed by atoms with E-state index in [0.29, 0.717) is 35.6 Å². The highest BCUT2D eigenvalue weighted by molar-refractivity contribution is 7.86. The summed E-state index contributed by atoms with van der Waals surface area (Å²) in [5.41, 5.74) is 2.50. The first kappa shape index (κ1) is 42.8. The summed E-state index contributed by atoms with van der Waals surface area (Å²) < 4.78 is 70.3. The van der Waals surface area contributed by atoms with Crippen LogP contribution >= 0.6 is 23.2 Å². The van der Waals surface area contributed by atoms with E-state index >= 15 is 0 Å². The zero-order valence-corrected chi connectivity index (χ0v) is 34.0. The predicted molar refractivity (Wildman–Crippen MR) is 226 cm³/mol. The number of benzene rings is 4. The fourth-order valence-corrected chi connectivity index (χ4v) is 6.99. The van der Waals surface area contributed by atoms with E-state index in [4.69, 9.17) is 23.2 Å². The molecule has 0 atom stereocenters. The minimum Gasteiger partial charge on any atom is -0.324 e. The van der Waals surface area contributed by atoms with Crippen molar-refractivity contribution < 1.29 is 35.5 Å². The molecule has 2 amide bonds. The Balaban J connectivity index is 1.21. The molecule has 24 heteroatoms. The first-order valence-corrected chi connectivity index (χ1v) is 20.5. The van der Waals surface area contributed by atoms with Crippen molar-refractivity contribution >= 4 is 126 Å². The zero-order valence-electron chi connectivity index (χ0n) is 30.9. The van der Waals surface area contributed by atoms with Crippen molar-refractivity contribution in [1.82, 2.24) is 29.9 Å². The molecule has 20 nitrogen and oxygen atoms in total. The molecule has 60 heavy (non-hydrogen) atoms. The van der Waals surface area contributed by atoms with Gasteiger partial charge in [-0.3, -0.25) is 18.7 Å². The highest BCUT2D eigenvalue weighted by Gasteiger charge is 2.19. The molecular formula is C36H30Cl2N12O8S2. The van der Waals surface area contributed by atoms with Gasteiger partial charge in [0.25, 0.3) is 20.2 Å². The smallest absolute Gasteiger partial charge is 0.295 e. The van der Waals surface area contributed by atoms with Crippen LogP contribution in [0.4, 0.5) is 57.9 Å². The first-order valence-electron chi connectivity index (χ1n) is 16.9. The molecule has 0 aliphatic rings. The minimum atomic E-state index is -4.87. The molecule has 0 spiro atoms. The number of halogens is 2. The largest absolute Gasteiger partial charge is 0.324 e. The fraction of sp³-hybridized carbons (Fsp3) is 0.0556. The van der Waals surface area contributed by atoms with Crippen molar-refractivity contribution in [3.05, 3.63) is 107 Å². The van der Waals surface area contributed by atoms with E-state index in [0.717, 1.165) is 12.1 Å². The van der Waals surface area contributed by atoms with Crippen molar-refractivity contribution in [2.24, 2.45) is 0 Å². The second-order valence-corrected chi connectivity index (χ2v) is 15.8. The second kappa shape index (κ2) is 18.0. The summed E-state index contributed by atoms with van der Waals surface area (Å²) in [6.45, 7) is 0. The molecule has 308 valence electrons. The van der Waals surface area contributed by atoms with Crippen molar-refractivity contribution in [1.29, 1.82) is 0 Å². The number of aromatic nitrogens is 6. The molecule has 0 radical (unpaired) electrons. The molecule has 2 heterocycles. The van der Waals surface area contributed by atoms with Crippen LogP contribution in [0.25, 0.3) is 12.2 Å². The molecule has 0 aliphatic carbocycles. The lowest BCUT2D eigenvalue weighted by Gasteiger charge is -2.13. The number of nitrogens with zero attached hydrogens (tertiary/aromatic N) is 8. The molecule has 0 aliphatic heterocycles. The predicted octanol–water partition coefficient (Wildman–Crippen LogP) is 6.19. The van der Waals surface area contributed by atoms with Gasteiger partial charge in [0, 0.05) is 48.2 Å². The van der Waals surface area contributed by atoms with Crippen molar-refractivity contribution in [2.75, 3.05) is 45.2 Å². The lowest BCUT2D eigenvalue weighted by molar-refractivity contribution is -0.107. The van der Waals surface area contributed by atoms with Crippen molar-refractivity contribution in [3.8, 4) is 0 Å². The highest BCUT2D eigenvalue weighted by atomic mass is 35.5. The Hall–Kier alpha value is -6.82. The van der Waals surface area contributed by atoms with Crippen LogP contribution in [0.2, 0.25) is 10.6 Å². The van der Waals surface area contributed by atoms with Gasteiger partial charge in [-0.1, -0.05) is 24.3 Å². The third-order valence-corrected chi connectivity index (χ3v) is 10.3. The number of hydrogen-bond acceptors (Lipinski definition) is 16. The van der Waals surface area contributed by atoms with E-state index in [1.165, 1.54) is 46.2 Å². The number of hydrogen-bond donors (Lipinski definition) is 6. The number of rotatable bonds is 16. The number of amides is 2. The summed E-state index contributed by atoms with van der Waals surface area (Å²) in [6.07, 6.45) is 3.76. The lowest BCUT2D eigenvalue weighted by Crippen LogP contribution is -2.13. The van der Waals surface area contributed by atoms with Crippen molar-refractivity contribution in [2.45, 2.75) is 9.79 Å². The molecule has 0 bridgehead atoms. The van der Waals surface area contributed by atoms with Gasteiger partial charge in [0.05, 0.1) is 0 Å². The standard InChI is InChI=1S/C36H30Cl2N12O8S2/c1-49(19-51)27-13-9-23(10-14-27)39-33-43-31(37)45-35(47-33)41-25-7-5-21(29(17-25)59(53,54)55)3-4-22-6-8-26(18-30(22)60(56,57)58)42-36-46-32(38)44-34(48-36)40-24-11-15-28(16-12-24)50(2)20-52/h3-20H,1-2H3,(H,53,54,55)(H,56,57,58)(H2,39,41,43,45,47)(H2,40,42,44,46,48). The number of carbonyl (C=O) groups is 2. The normalized spacial score (nSPS) is 11.5. The average Bonchev–Trinajstić information content (AvgIpc) is 3.19. The van der Waals surface area contributed by atoms with Crippen LogP contribution in [0.5, 0.6) is 0 Å². The molecule has 0 saturated heterocycles.